The van der Waals surface area contributed by atoms with E-state index in [0.717, 1.165) is 35.3 Å². The maximum absolute atomic E-state index is 12.8. The van der Waals surface area contributed by atoms with E-state index in [0.29, 0.717) is 38.2 Å². The smallest absolute Gasteiger partial charge is 0.341 e. The molecule has 1 aromatic carbocycles. The lowest BCUT2D eigenvalue weighted by Crippen LogP contribution is -2.17. The van der Waals surface area contributed by atoms with E-state index in [-0.39, 0.29) is 18.3 Å². The molecule has 1 N–H and O–H groups in total. The molecule has 11 heteroatoms. The first-order chi connectivity index (χ1) is 16.8. The molecule has 1 amide bonds. The number of aromatic nitrogens is 3. The quantitative estimate of drug-likeness (QED) is 0.319. The van der Waals surface area contributed by atoms with Gasteiger partial charge in [-0.1, -0.05) is 36.4 Å². The number of ether oxygens (including phenoxy) is 2. The summed E-state index contributed by atoms with van der Waals surface area (Å²) in [4.78, 5) is 26.3. The minimum Gasteiger partial charge on any atom is -0.484 e. The standard InChI is InChI=1S/C24H27ClN4O4S2/c1-13-6-8-16(25)17(9-13)33-11-19-27-28-24(29(19)3)34-12-20(30)26-22-21(23(31)32-4)15-7-5-14(2)10-18(15)35-22/h6,8-9,14H,5,7,10-12H2,1-4H3,(H,26,30). The van der Waals surface area contributed by atoms with Crippen molar-refractivity contribution in [3.8, 4) is 5.75 Å². The fraction of sp³-hybridized carbons (Fsp3) is 0.417. The summed E-state index contributed by atoms with van der Waals surface area (Å²) in [6, 6.07) is 5.57. The van der Waals surface area contributed by atoms with Crippen molar-refractivity contribution in [2.24, 2.45) is 13.0 Å². The second-order valence-electron chi connectivity index (χ2n) is 8.56. The van der Waals surface area contributed by atoms with Gasteiger partial charge in [-0.05, 0) is 55.4 Å². The number of carbonyl (C=O) groups is 2. The van der Waals surface area contributed by atoms with Crippen molar-refractivity contribution in [2.45, 2.75) is 44.9 Å². The number of halogens is 1. The van der Waals surface area contributed by atoms with Crippen LogP contribution in [0.2, 0.25) is 5.02 Å². The van der Waals surface area contributed by atoms with Gasteiger partial charge in [0.15, 0.2) is 11.0 Å². The minimum atomic E-state index is -0.410. The maximum Gasteiger partial charge on any atom is 0.341 e. The number of nitrogens with one attached hydrogen (secondary N) is 1. The Kier molecular flexibility index (Phi) is 8.03. The van der Waals surface area contributed by atoms with Crippen molar-refractivity contribution in [1.29, 1.82) is 0 Å². The lowest BCUT2D eigenvalue weighted by atomic mass is 9.88. The van der Waals surface area contributed by atoms with Crippen molar-refractivity contribution < 1.29 is 19.1 Å². The molecule has 1 atom stereocenters. The molecule has 0 bridgehead atoms. The first-order valence-corrected chi connectivity index (χ1v) is 13.4. The average molecular weight is 535 g/mol. The molecule has 0 saturated heterocycles. The van der Waals surface area contributed by atoms with Gasteiger partial charge < -0.3 is 19.4 Å². The number of thioether (sulfide) groups is 1. The number of benzene rings is 1. The number of carbonyl (C=O) groups excluding carboxylic acids is 2. The van der Waals surface area contributed by atoms with Crippen molar-refractivity contribution >= 4 is 51.6 Å². The van der Waals surface area contributed by atoms with Crippen LogP contribution in [0.15, 0.2) is 23.4 Å². The predicted molar refractivity (Wildman–Crippen MR) is 138 cm³/mol. The molecule has 35 heavy (non-hydrogen) atoms. The van der Waals surface area contributed by atoms with Gasteiger partial charge in [-0.3, -0.25) is 4.79 Å². The van der Waals surface area contributed by atoms with E-state index in [1.807, 2.05) is 26.1 Å². The monoisotopic (exact) mass is 534 g/mol. The molecule has 0 radical (unpaired) electrons. The number of esters is 1. The van der Waals surface area contributed by atoms with Crippen molar-refractivity contribution in [1.82, 2.24) is 14.8 Å². The molecule has 1 aliphatic carbocycles. The Balaban J connectivity index is 1.39. The van der Waals surface area contributed by atoms with Crippen LogP contribution in [-0.4, -0.2) is 39.5 Å². The third-order valence-electron chi connectivity index (χ3n) is 5.86. The Morgan fingerprint density at radius 3 is 2.91 bits per heavy atom. The molecule has 2 heterocycles. The van der Waals surface area contributed by atoms with Crippen LogP contribution in [0.3, 0.4) is 0 Å². The zero-order valence-corrected chi connectivity index (χ0v) is 22.4. The highest BCUT2D eigenvalue weighted by Gasteiger charge is 2.29. The van der Waals surface area contributed by atoms with Gasteiger partial charge in [0, 0.05) is 11.9 Å². The number of nitrogens with zero attached hydrogens (tertiary/aromatic N) is 3. The summed E-state index contributed by atoms with van der Waals surface area (Å²) < 4.78 is 12.6. The van der Waals surface area contributed by atoms with Crippen molar-refractivity contribution in [3.63, 3.8) is 0 Å². The summed E-state index contributed by atoms with van der Waals surface area (Å²) in [5.74, 6) is 1.24. The average Bonchev–Trinajstić information content (AvgIpc) is 3.36. The van der Waals surface area contributed by atoms with Crippen LogP contribution in [0.25, 0.3) is 0 Å². The third-order valence-corrected chi connectivity index (χ3v) is 8.36. The SMILES string of the molecule is COC(=O)c1c(NC(=O)CSc2nnc(COc3cc(C)ccc3Cl)n2C)sc2c1CCC(C)C2. The van der Waals surface area contributed by atoms with E-state index >= 15 is 0 Å². The minimum absolute atomic E-state index is 0.121. The number of aryl methyl sites for hydroxylation is 1. The van der Waals surface area contributed by atoms with Crippen LogP contribution in [-0.2, 0) is 36.0 Å². The molecule has 4 rings (SSSR count). The van der Waals surface area contributed by atoms with Gasteiger partial charge in [0.2, 0.25) is 5.91 Å². The Hall–Kier alpha value is -2.56. The van der Waals surface area contributed by atoms with Gasteiger partial charge in [-0.2, -0.15) is 0 Å². The number of hydrogen-bond acceptors (Lipinski definition) is 8. The number of fused-ring (bicyclic) bond motifs is 1. The molecule has 1 aliphatic rings. The first-order valence-electron chi connectivity index (χ1n) is 11.2. The molecule has 0 spiro atoms. The van der Waals surface area contributed by atoms with Gasteiger partial charge in [0.05, 0.1) is 23.4 Å². The normalized spacial score (nSPS) is 14.9. The number of methoxy groups -OCH3 is 1. The third kappa shape index (κ3) is 5.82. The topological polar surface area (TPSA) is 95.3 Å². The summed E-state index contributed by atoms with van der Waals surface area (Å²) in [6.45, 7) is 4.36. The van der Waals surface area contributed by atoms with Crippen molar-refractivity contribution in [3.05, 3.63) is 50.6 Å². The van der Waals surface area contributed by atoms with E-state index in [1.165, 1.54) is 30.2 Å². The van der Waals surface area contributed by atoms with Crippen LogP contribution >= 0.6 is 34.7 Å². The molecule has 2 aromatic heterocycles. The Morgan fingerprint density at radius 2 is 2.14 bits per heavy atom. The lowest BCUT2D eigenvalue weighted by Gasteiger charge is -2.18. The molecule has 3 aromatic rings. The highest BCUT2D eigenvalue weighted by atomic mass is 35.5. The highest BCUT2D eigenvalue weighted by molar-refractivity contribution is 7.99. The zero-order valence-electron chi connectivity index (χ0n) is 20.0. The lowest BCUT2D eigenvalue weighted by molar-refractivity contribution is -0.113. The molecule has 8 nitrogen and oxygen atoms in total. The summed E-state index contributed by atoms with van der Waals surface area (Å²) in [7, 11) is 3.18. The summed E-state index contributed by atoms with van der Waals surface area (Å²) in [5, 5.41) is 12.9. The van der Waals surface area contributed by atoms with E-state index in [9.17, 15) is 9.59 Å². The summed E-state index contributed by atoms with van der Waals surface area (Å²) in [5.41, 5.74) is 2.54. The number of hydrogen-bond donors (Lipinski definition) is 1. The molecule has 0 saturated carbocycles. The first kappa shape index (κ1) is 25.5. The number of amides is 1. The van der Waals surface area contributed by atoms with Crippen molar-refractivity contribution in [2.75, 3.05) is 18.2 Å². The molecule has 186 valence electrons. The molecular formula is C24H27ClN4O4S2. The number of anilines is 1. The zero-order chi connectivity index (χ0) is 25.1. The van der Waals surface area contributed by atoms with Crippen LogP contribution in [0.4, 0.5) is 5.00 Å². The molecule has 0 aliphatic heterocycles. The van der Waals surface area contributed by atoms with E-state index in [2.05, 4.69) is 22.4 Å². The van der Waals surface area contributed by atoms with Gasteiger partial charge in [-0.25, -0.2) is 4.79 Å². The fourth-order valence-electron chi connectivity index (χ4n) is 3.91. The van der Waals surface area contributed by atoms with E-state index in [1.54, 1.807) is 10.6 Å². The van der Waals surface area contributed by atoms with E-state index < -0.39 is 5.97 Å². The van der Waals surface area contributed by atoms with Crippen LogP contribution in [0, 0.1) is 12.8 Å². The Labute approximate surface area is 217 Å². The van der Waals surface area contributed by atoms with Gasteiger partial charge >= 0.3 is 5.97 Å². The predicted octanol–water partition coefficient (Wildman–Crippen LogP) is 5.06. The molecular weight excluding hydrogens is 508 g/mol. The van der Waals surface area contributed by atoms with Crippen LogP contribution in [0.5, 0.6) is 5.75 Å². The Bertz CT molecular complexity index is 1260. The van der Waals surface area contributed by atoms with Gasteiger partial charge in [-0.15, -0.1) is 21.5 Å². The number of thiophene rings is 1. The summed E-state index contributed by atoms with van der Waals surface area (Å²) in [6.07, 6.45) is 2.75. The van der Waals surface area contributed by atoms with Gasteiger partial charge in [0.1, 0.15) is 17.4 Å². The van der Waals surface area contributed by atoms with Crippen LogP contribution in [0.1, 0.15) is 45.5 Å². The Morgan fingerprint density at radius 1 is 1.34 bits per heavy atom. The van der Waals surface area contributed by atoms with Crippen LogP contribution < -0.4 is 10.1 Å². The largest absolute Gasteiger partial charge is 0.484 e. The summed E-state index contributed by atoms with van der Waals surface area (Å²) >= 11 is 8.93. The number of rotatable bonds is 8. The molecule has 0 fully saturated rings. The second-order valence-corrected chi connectivity index (χ2v) is 11.0. The van der Waals surface area contributed by atoms with Gasteiger partial charge in [0.25, 0.3) is 0 Å². The molecule has 1 unspecified atom stereocenters. The fourth-order valence-corrected chi connectivity index (χ4v) is 6.23. The maximum atomic E-state index is 12.8. The highest BCUT2D eigenvalue weighted by Crippen LogP contribution is 2.40. The second kappa shape index (κ2) is 11.0. The van der Waals surface area contributed by atoms with E-state index in [4.69, 9.17) is 21.1 Å².